The third kappa shape index (κ3) is 5.05. The molecule has 2 unspecified atom stereocenters. The van der Waals surface area contributed by atoms with Crippen molar-refractivity contribution in [3.05, 3.63) is 35.4 Å². The lowest BCUT2D eigenvalue weighted by atomic mass is 9.79. The van der Waals surface area contributed by atoms with Crippen molar-refractivity contribution >= 4 is 21.9 Å². The molecule has 0 amide bonds. The van der Waals surface area contributed by atoms with E-state index in [1.54, 1.807) is 0 Å². The Morgan fingerprint density at radius 2 is 2.00 bits per heavy atom. The summed E-state index contributed by atoms with van der Waals surface area (Å²) in [6, 6.07) is 7.98. The largest absolute Gasteiger partial charge is 0.459 e. The summed E-state index contributed by atoms with van der Waals surface area (Å²) in [5.41, 5.74) is 1.77. The van der Waals surface area contributed by atoms with E-state index in [0.717, 1.165) is 30.6 Å². The van der Waals surface area contributed by atoms with Gasteiger partial charge in [0.1, 0.15) is 10.4 Å². The Labute approximate surface area is 147 Å². The molecule has 0 N–H and O–H groups in total. The molecular formula is C19H27BrO3. The van der Waals surface area contributed by atoms with Gasteiger partial charge in [-0.3, -0.25) is 4.79 Å². The highest BCUT2D eigenvalue weighted by molar-refractivity contribution is 9.09. The van der Waals surface area contributed by atoms with Crippen molar-refractivity contribution in [2.45, 2.75) is 64.0 Å². The van der Waals surface area contributed by atoms with Crippen molar-refractivity contribution in [1.82, 2.24) is 0 Å². The van der Waals surface area contributed by atoms with Crippen molar-refractivity contribution in [1.29, 1.82) is 0 Å². The van der Waals surface area contributed by atoms with E-state index < -0.39 is 10.4 Å². The Kier molecular flexibility index (Phi) is 5.57. The van der Waals surface area contributed by atoms with E-state index in [1.165, 1.54) is 0 Å². The summed E-state index contributed by atoms with van der Waals surface area (Å²) in [5.74, 6) is -0.264. The second-order valence-electron chi connectivity index (χ2n) is 8.00. The normalized spacial score (nSPS) is 22.4. The highest BCUT2D eigenvalue weighted by Crippen LogP contribution is 2.42. The van der Waals surface area contributed by atoms with E-state index in [0.29, 0.717) is 0 Å². The first-order chi connectivity index (χ1) is 10.6. The van der Waals surface area contributed by atoms with Gasteiger partial charge in [0.05, 0.1) is 6.10 Å². The molecular weight excluding hydrogens is 356 g/mol. The Balaban J connectivity index is 2.25. The summed E-state index contributed by atoms with van der Waals surface area (Å²) >= 11 is 3.52. The second-order valence-corrected chi connectivity index (χ2v) is 8.92. The van der Waals surface area contributed by atoms with Crippen LogP contribution < -0.4 is 0 Å². The maximum absolute atomic E-state index is 12.4. The summed E-state index contributed by atoms with van der Waals surface area (Å²) < 4.78 is 11.5. The smallest absolute Gasteiger partial charge is 0.324 e. The lowest BCUT2D eigenvalue weighted by Crippen LogP contribution is -2.28. The van der Waals surface area contributed by atoms with Gasteiger partial charge in [0.25, 0.3) is 0 Å². The molecule has 1 heterocycles. The molecule has 3 nitrogen and oxygen atoms in total. The van der Waals surface area contributed by atoms with Crippen LogP contribution in [0.1, 0.15) is 69.5 Å². The number of ether oxygens (including phenoxy) is 2. The fraction of sp³-hybridized carbons (Fsp3) is 0.632. The van der Waals surface area contributed by atoms with Crippen molar-refractivity contribution in [3.63, 3.8) is 0 Å². The zero-order valence-corrected chi connectivity index (χ0v) is 16.3. The number of benzene rings is 1. The molecule has 1 saturated heterocycles. The molecule has 2 atom stereocenters. The predicted octanol–water partition coefficient (Wildman–Crippen LogP) is 5.34. The molecule has 0 aliphatic carbocycles. The highest BCUT2D eigenvalue weighted by atomic mass is 79.9. The summed E-state index contributed by atoms with van der Waals surface area (Å²) in [6.45, 7) is 10.9. The fourth-order valence-corrected chi connectivity index (χ4v) is 3.37. The standard InChI is InChI=1S/C19H27BrO3/c1-18(2,3)23-17(21)16(20)14-9-7-6-8-13(14)15-12-19(4,5)10-11-22-15/h6-9,15-16H,10-12H2,1-5H3. The third-order valence-electron chi connectivity index (χ3n) is 4.07. The number of hydrogen-bond acceptors (Lipinski definition) is 3. The molecule has 1 aromatic carbocycles. The molecule has 0 radical (unpaired) electrons. The number of hydrogen-bond donors (Lipinski definition) is 0. The van der Waals surface area contributed by atoms with Gasteiger partial charge in [-0.05, 0) is 50.2 Å². The zero-order valence-electron chi connectivity index (χ0n) is 14.7. The van der Waals surface area contributed by atoms with Crippen LogP contribution in [0.25, 0.3) is 0 Å². The van der Waals surface area contributed by atoms with E-state index in [2.05, 4.69) is 35.8 Å². The maximum Gasteiger partial charge on any atom is 0.324 e. The van der Waals surface area contributed by atoms with Gasteiger partial charge in [0.15, 0.2) is 0 Å². The second kappa shape index (κ2) is 6.94. The van der Waals surface area contributed by atoms with E-state index in [1.807, 2.05) is 39.0 Å². The molecule has 23 heavy (non-hydrogen) atoms. The number of carbonyl (C=O) groups excluding carboxylic acids is 1. The first-order valence-corrected chi connectivity index (χ1v) is 9.08. The zero-order chi connectivity index (χ0) is 17.3. The average molecular weight is 383 g/mol. The van der Waals surface area contributed by atoms with Crippen LogP contribution in [-0.4, -0.2) is 18.2 Å². The minimum atomic E-state index is -0.499. The van der Waals surface area contributed by atoms with Gasteiger partial charge in [-0.15, -0.1) is 0 Å². The Morgan fingerprint density at radius 1 is 1.35 bits per heavy atom. The van der Waals surface area contributed by atoms with Crippen LogP contribution in [0.15, 0.2) is 24.3 Å². The fourth-order valence-electron chi connectivity index (χ4n) is 2.86. The lowest BCUT2D eigenvalue weighted by molar-refractivity contribution is -0.154. The molecule has 2 rings (SSSR count). The topological polar surface area (TPSA) is 35.5 Å². The molecule has 1 aromatic rings. The van der Waals surface area contributed by atoms with Crippen LogP contribution in [0.4, 0.5) is 0 Å². The van der Waals surface area contributed by atoms with Crippen molar-refractivity contribution in [3.8, 4) is 0 Å². The molecule has 0 bridgehead atoms. The highest BCUT2D eigenvalue weighted by Gasteiger charge is 2.33. The summed E-state index contributed by atoms with van der Waals surface area (Å²) in [6.07, 6.45) is 2.05. The van der Waals surface area contributed by atoms with Gasteiger partial charge in [-0.2, -0.15) is 0 Å². The Bertz CT molecular complexity index is 560. The molecule has 4 heteroatoms. The minimum Gasteiger partial charge on any atom is -0.459 e. The van der Waals surface area contributed by atoms with Gasteiger partial charge in [0.2, 0.25) is 0 Å². The lowest BCUT2D eigenvalue weighted by Gasteiger charge is -2.36. The van der Waals surface area contributed by atoms with Crippen LogP contribution in [0.3, 0.4) is 0 Å². The van der Waals surface area contributed by atoms with E-state index >= 15 is 0 Å². The number of halogens is 1. The molecule has 1 aliphatic heterocycles. The maximum atomic E-state index is 12.4. The van der Waals surface area contributed by atoms with Gasteiger partial charge in [-0.1, -0.05) is 54.0 Å². The minimum absolute atomic E-state index is 0.0254. The van der Waals surface area contributed by atoms with Crippen molar-refractivity contribution < 1.29 is 14.3 Å². The van der Waals surface area contributed by atoms with Crippen molar-refractivity contribution in [2.24, 2.45) is 5.41 Å². The monoisotopic (exact) mass is 382 g/mol. The molecule has 1 fully saturated rings. The van der Waals surface area contributed by atoms with E-state index in [4.69, 9.17) is 9.47 Å². The Hall–Kier alpha value is -0.870. The number of alkyl halides is 1. The molecule has 128 valence electrons. The molecule has 0 saturated carbocycles. The van der Waals surface area contributed by atoms with Crippen LogP contribution in [0.5, 0.6) is 0 Å². The third-order valence-corrected chi connectivity index (χ3v) is 4.93. The van der Waals surface area contributed by atoms with Crippen LogP contribution in [0, 0.1) is 5.41 Å². The van der Waals surface area contributed by atoms with E-state index in [9.17, 15) is 4.79 Å². The summed E-state index contributed by atoms with van der Waals surface area (Å²) in [5, 5.41) is 0. The predicted molar refractivity (Wildman–Crippen MR) is 95.7 cm³/mol. The van der Waals surface area contributed by atoms with Gasteiger partial charge in [-0.25, -0.2) is 0 Å². The first-order valence-electron chi connectivity index (χ1n) is 8.16. The van der Waals surface area contributed by atoms with E-state index in [-0.39, 0.29) is 17.5 Å². The summed E-state index contributed by atoms with van der Waals surface area (Å²) in [7, 11) is 0. The van der Waals surface area contributed by atoms with Gasteiger partial charge < -0.3 is 9.47 Å². The summed E-state index contributed by atoms with van der Waals surface area (Å²) in [4.78, 5) is 11.9. The Morgan fingerprint density at radius 3 is 2.61 bits per heavy atom. The van der Waals surface area contributed by atoms with Crippen LogP contribution >= 0.6 is 15.9 Å². The van der Waals surface area contributed by atoms with Gasteiger partial charge in [0, 0.05) is 6.61 Å². The molecule has 1 aliphatic rings. The SMILES string of the molecule is CC1(C)CCOC(c2ccccc2C(Br)C(=O)OC(C)(C)C)C1. The number of rotatable bonds is 3. The average Bonchev–Trinajstić information content (AvgIpc) is 2.43. The number of carbonyl (C=O) groups is 1. The number of esters is 1. The molecule has 0 aromatic heterocycles. The first kappa shape index (κ1) is 18.5. The molecule has 0 spiro atoms. The van der Waals surface area contributed by atoms with Crippen LogP contribution in [0.2, 0.25) is 0 Å². The van der Waals surface area contributed by atoms with Gasteiger partial charge >= 0.3 is 5.97 Å². The quantitative estimate of drug-likeness (QED) is 0.522. The van der Waals surface area contributed by atoms with Crippen LogP contribution in [-0.2, 0) is 14.3 Å². The van der Waals surface area contributed by atoms with Crippen molar-refractivity contribution in [2.75, 3.05) is 6.61 Å².